The molecule has 1 saturated heterocycles. The van der Waals surface area contributed by atoms with Crippen LogP contribution in [0.15, 0.2) is 24.3 Å². The van der Waals surface area contributed by atoms with Crippen molar-refractivity contribution in [3.05, 3.63) is 29.8 Å². The van der Waals surface area contributed by atoms with Gasteiger partial charge in [-0.15, -0.1) is 0 Å². The number of methoxy groups -OCH3 is 1. The van der Waals surface area contributed by atoms with Crippen molar-refractivity contribution in [2.75, 3.05) is 18.6 Å². The molecular formula is C12H16O4S2. The van der Waals surface area contributed by atoms with E-state index >= 15 is 0 Å². The first-order valence-electron chi connectivity index (χ1n) is 5.70. The predicted molar refractivity (Wildman–Crippen MR) is 72.4 cm³/mol. The van der Waals surface area contributed by atoms with E-state index in [1.54, 1.807) is 31.4 Å². The van der Waals surface area contributed by atoms with Crippen LogP contribution >= 0.6 is 0 Å². The lowest BCUT2D eigenvalue weighted by molar-refractivity contribution is 0.193. The van der Waals surface area contributed by atoms with Crippen LogP contribution in [0.1, 0.15) is 18.1 Å². The van der Waals surface area contributed by atoms with Gasteiger partial charge in [0, 0.05) is 33.1 Å². The van der Waals surface area contributed by atoms with Crippen LogP contribution in [-0.2, 0) is 21.6 Å². The van der Waals surface area contributed by atoms with Crippen molar-refractivity contribution in [3.8, 4) is 5.75 Å². The van der Waals surface area contributed by atoms with E-state index in [2.05, 4.69) is 0 Å². The monoisotopic (exact) mass is 288 g/mol. The lowest BCUT2D eigenvalue weighted by Gasteiger charge is -2.25. The number of aliphatic hydroxyl groups is 1. The Morgan fingerprint density at radius 2 is 1.78 bits per heavy atom. The Hall–Kier alpha value is -0.720. The molecule has 1 aromatic carbocycles. The summed E-state index contributed by atoms with van der Waals surface area (Å²) in [6, 6.07) is 6.89. The molecule has 3 atom stereocenters. The Morgan fingerprint density at radius 1 is 1.22 bits per heavy atom. The lowest BCUT2D eigenvalue weighted by atomic mass is 10.1. The third-order valence-electron chi connectivity index (χ3n) is 2.92. The van der Waals surface area contributed by atoms with Crippen LogP contribution in [0.3, 0.4) is 0 Å². The number of hydrogen-bond donors (Lipinski definition) is 1. The number of benzene rings is 1. The Morgan fingerprint density at radius 3 is 2.28 bits per heavy atom. The molecule has 2 unspecified atom stereocenters. The number of aliphatic hydroxyl groups excluding tert-OH is 1. The van der Waals surface area contributed by atoms with Crippen LogP contribution in [0.4, 0.5) is 0 Å². The van der Waals surface area contributed by atoms with Gasteiger partial charge in [-0.1, -0.05) is 12.1 Å². The average molecular weight is 288 g/mol. The molecule has 0 amide bonds. The van der Waals surface area contributed by atoms with Crippen LogP contribution in [0.2, 0.25) is 0 Å². The minimum absolute atomic E-state index is 0.517. The maximum absolute atomic E-state index is 11.9. The molecule has 2 rings (SSSR count). The summed E-state index contributed by atoms with van der Waals surface area (Å²) in [5.74, 6) is 1.73. The summed E-state index contributed by atoms with van der Waals surface area (Å²) in [4.78, 5) is 0. The van der Waals surface area contributed by atoms with Crippen LogP contribution in [-0.4, -0.2) is 36.7 Å². The van der Waals surface area contributed by atoms with E-state index < -0.39 is 32.3 Å². The molecule has 1 N–H and O–H groups in total. The standard InChI is InChI=1S/C12H16O4S2/c1-16-10-5-3-9(4-6-10)11(13)12-17(14)7-2-8-18(12)15/h3-6,11-13H,2,7-8H2,1H3/t11-,12?,17?,18?/m1/s1. The Labute approximate surface area is 111 Å². The summed E-state index contributed by atoms with van der Waals surface area (Å²) in [6.45, 7) is 0. The molecule has 1 aromatic rings. The summed E-state index contributed by atoms with van der Waals surface area (Å²) in [5.41, 5.74) is 0.629. The van der Waals surface area contributed by atoms with Crippen molar-refractivity contribution in [2.45, 2.75) is 17.1 Å². The molecule has 0 aromatic heterocycles. The van der Waals surface area contributed by atoms with Crippen molar-refractivity contribution in [1.29, 1.82) is 0 Å². The topological polar surface area (TPSA) is 63.6 Å². The van der Waals surface area contributed by atoms with Crippen molar-refractivity contribution < 1.29 is 18.3 Å². The third kappa shape index (κ3) is 2.81. The van der Waals surface area contributed by atoms with E-state index in [0.717, 1.165) is 0 Å². The van der Waals surface area contributed by atoms with E-state index in [-0.39, 0.29) is 0 Å². The number of rotatable bonds is 3. The first-order valence-corrected chi connectivity index (χ1v) is 8.46. The van der Waals surface area contributed by atoms with E-state index in [4.69, 9.17) is 4.74 Å². The molecule has 0 radical (unpaired) electrons. The van der Waals surface area contributed by atoms with E-state index in [0.29, 0.717) is 29.2 Å². The van der Waals surface area contributed by atoms with Gasteiger partial charge >= 0.3 is 0 Å². The Kier molecular flexibility index (Phi) is 4.53. The normalized spacial score (nSPS) is 29.8. The molecule has 0 bridgehead atoms. The number of hydrogen-bond acceptors (Lipinski definition) is 4. The SMILES string of the molecule is COc1ccc([C@@H](O)C2S(=O)CCCS2=O)cc1. The minimum atomic E-state index is -1.23. The highest BCUT2D eigenvalue weighted by molar-refractivity contribution is 8.03. The van der Waals surface area contributed by atoms with Gasteiger partial charge in [-0.25, -0.2) is 0 Å². The molecule has 1 heterocycles. The zero-order valence-electron chi connectivity index (χ0n) is 10.1. The molecular weight excluding hydrogens is 272 g/mol. The summed E-state index contributed by atoms with van der Waals surface area (Å²) >= 11 is 0. The maximum atomic E-state index is 11.9. The Bertz CT molecular complexity index is 442. The second-order valence-electron chi connectivity index (χ2n) is 4.11. The van der Waals surface area contributed by atoms with E-state index in [1.165, 1.54) is 0 Å². The molecule has 0 saturated carbocycles. The first-order chi connectivity index (χ1) is 8.63. The maximum Gasteiger partial charge on any atom is 0.140 e. The third-order valence-corrected chi connectivity index (χ3v) is 7.15. The molecule has 1 aliphatic rings. The van der Waals surface area contributed by atoms with Crippen LogP contribution < -0.4 is 4.74 Å². The highest BCUT2D eigenvalue weighted by Gasteiger charge is 2.34. The molecule has 1 aliphatic heterocycles. The van der Waals surface area contributed by atoms with E-state index in [1.807, 2.05) is 0 Å². The fraction of sp³-hybridized carbons (Fsp3) is 0.500. The zero-order valence-corrected chi connectivity index (χ0v) is 11.7. The Balaban J connectivity index is 2.20. The van der Waals surface area contributed by atoms with Gasteiger partial charge in [-0.3, -0.25) is 8.42 Å². The highest BCUT2D eigenvalue weighted by atomic mass is 32.2. The minimum Gasteiger partial charge on any atom is -0.497 e. The predicted octanol–water partition coefficient (Wildman–Crippen LogP) is 0.956. The highest BCUT2D eigenvalue weighted by Crippen LogP contribution is 2.28. The first kappa shape index (κ1) is 13.7. The average Bonchev–Trinajstić information content (AvgIpc) is 2.38. The smallest absolute Gasteiger partial charge is 0.140 e. The van der Waals surface area contributed by atoms with Crippen molar-refractivity contribution in [3.63, 3.8) is 0 Å². The van der Waals surface area contributed by atoms with Crippen LogP contribution in [0.5, 0.6) is 5.75 Å². The fourth-order valence-corrected chi connectivity index (χ4v) is 5.87. The fourth-order valence-electron chi connectivity index (χ4n) is 1.94. The zero-order chi connectivity index (χ0) is 13.1. The van der Waals surface area contributed by atoms with Crippen molar-refractivity contribution in [2.24, 2.45) is 0 Å². The molecule has 100 valence electrons. The summed E-state index contributed by atoms with van der Waals surface area (Å²) in [6.07, 6.45) is -0.247. The molecule has 18 heavy (non-hydrogen) atoms. The molecule has 1 fully saturated rings. The van der Waals surface area contributed by atoms with Gasteiger partial charge in [-0.05, 0) is 24.1 Å². The van der Waals surface area contributed by atoms with Gasteiger partial charge in [0.25, 0.3) is 0 Å². The number of ether oxygens (including phenoxy) is 1. The largest absolute Gasteiger partial charge is 0.497 e. The summed E-state index contributed by atoms with van der Waals surface area (Å²) in [5, 5.41) is 10.2. The molecule has 0 aliphatic carbocycles. The van der Waals surface area contributed by atoms with Crippen LogP contribution in [0, 0.1) is 0 Å². The van der Waals surface area contributed by atoms with Gasteiger partial charge in [-0.2, -0.15) is 0 Å². The molecule has 0 spiro atoms. The summed E-state index contributed by atoms with van der Waals surface area (Å²) < 4.78 is 28.1. The van der Waals surface area contributed by atoms with Gasteiger partial charge in [0.15, 0.2) is 0 Å². The van der Waals surface area contributed by atoms with Crippen molar-refractivity contribution >= 4 is 21.6 Å². The van der Waals surface area contributed by atoms with Crippen molar-refractivity contribution in [1.82, 2.24) is 0 Å². The second kappa shape index (κ2) is 5.95. The van der Waals surface area contributed by atoms with Gasteiger partial charge in [0.1, 0.15) is 16.4 Å². The van der Waals surface area contributed by atoms with Gasteiger partial charge in [0.2, 0.25) is 0 Å². The quantitative estimate of drug-likeness (QED) is 0.899. The van der Waals surface area contributed by atoms with E-state index in [9.17, 15) is 13.5 Å². The van der Waals surface area contributed by atoms with Gasteiger partial charge < -0.3 is 9.84 Å². The van der Waals surface area contributed by atoms with Crippen LogP contribution in [0.25, 0.3) is 0 Å². The van der Waals surface area contributed by atoms with Gasteiger partial charge in [0.05, 0.1) is 7.11 Å². The lowest BCUT2D eigenvalue weighted by Crippen LogP contribution is -2.35. The molecule has 6 heteroatoms. The summed E-state index contributed by atoms with van der Waals surface area (Å²) in [7, 11) is -0.888. The molecule has 4 nitrogen and oxygen atoms in total. The second-order valence-corrected chi connectivity index (χ2v) is 7.76.